The minimum Gasteiger partial charge on any atom is -0.296 e. The number of imidazole rings is 1. The molecular weight excluding hydrogens is 300 g/mol. The van der Waals surface area contributed by atoms with Crippen LogP contribution in [0.5, 0.6) is 0 Å². The molecule has 2 heterocycles. The summed E-state index contributed by atoms with van der Waals surface area (Å²) in [4.78, 5) is 30.3. The molecule has 0 aliphatic rings. The third-order valence-corrected chi connectivity index (χ3v) is 3.93. The van der Waals surface area contributed by atoms with Gasteiger partial charge in [-0.15, -0.1) is 0 Å². The molecule has 24 heavy (non-hydrogen) atoms. The number of fused-ring (bicyclic) bond motifs is 1. The summed E-state index contributed by atoms with van der Waals surface area (Å²) in [6.45, 7) is 7.92. The Labute approximate surface area is 141 Å². The fourth-order valence-corrected chi connectivity index (χ4v) is 2.72. The van der Waals surface area contributed by atoms with Gasteiger partial charge in [0.1, 0.15) is 11.3 Å². The van der Waals surface area contributed by atoms with Crippen LogP contribution in [0.15, 0.2) is 48.7 Å². The number of carbonyl (C=O) groups is 2. The van der Waals surface area contributed by atoms with Gasteiger partial charge >= 0.3 is 0 Å². The normalized spacial score (nSPS) is 11.7. The molecule has 122 valence electrons. The Balaban J connectivity index is 2.22. The topological polar surface area (TPSA) is 51.4 Å². The number of aromatic nitrogens is 2. The van der Waals surface area contributed by atoms with Gasteiger partial charge in [0.25, 0.3) is 5.78 Å². The average Bonchev–Trinajstić information content (AvgIpc) is 2.93. The van der Waals surface area contributed by atoms with E-state index < -0.39 is 11.6 Å². The van der Waals surface area contributed by atoms with Crippen LogP contribution in [-0.4, -0.2) is 21.0 Å². The predicted molar refractivity (Wildman–Crippen MR) is 93.7 cm³/mol. The standard InChI is InChI=1S/C20H20N2O2/c1-13-10-11-15-21-19(20(2,3)4)16(22(15)12-13)18(24)17(23)14-8-6-5-7-9-14/h5-12H,1-4H3. The number of nitrogens with zero attached hydrogens (tertiary/aromatic N) is 2. The SMILES string of the molecule is Cc1ccc2nc(C(C)(C)C)c(C(=O)C(=O)c3ccccc3)n2c1. The summed E-state index contributed by atoms with van der Waals surface area (Å²) in [5.41, 5.74) is 2.72. The van der Waals surface area contributed by atoms with E-state index in [1.54, 1.807) is 28.7 Å². The number of rotatable bonds is 3. The second-order valence-electron chi connectivity index (χ2n) is 7.02. The zero-order valence-electron chi connectivity index (χ0n) is 14.3. The number of carbonyl (C=O) groups excluding carboxylic acids is 2. The maximum absolute atomic E-state index is 13.0. The van der Waals surface area contributed by atoms with Gasteiger partial charge in [0.05, 0.1) is 5.69 Å². The first-order chi connectivity index (χ1) is 11.3. The van der Waals surface area contributed by atoms with Gasteiger partial charge in [0.2, 0.25) is 5.78 Å². The number of Topliss-reactive ketones (excluding diaryl/α,β-unsaturated/α-hetero) is 2. The van der Waals surface area contributed by atoms with Crippen molar-refractivity contribution in [1.29, 1.82) is 0 Å². The molecule has 0 aliphatic carbocycles. The van der Waals surface area contributed by atoms with Crippen LogP contribution in [0.3, 0.4) is 0 Å². The van der Waals surface area contributed by atoms with Gasteiger partial charge in [-0.05, 0) is 18.6 Å². The van der Waals surface area contributed by atoms with Gasteiger partial charge in [-0.25, -0.2) is 4.98 Å². The maximum Gasteiger partial charge on any atom is 0.252 e. The molecule has 2 aromatic heterocycles. The van der Waals surface area contributed by atoms with Gasteiger partial charge in [0, 0.05) is 17.2 Å². The molecule has 0 amide bonds. The number of benzene rings is 1. The van der Waals surface area contributed by atoms with Crippen molar-refractivity contribution in [3.63, 3.8) is 0 Å². The van der Waals surface area contributed by atoms with Crippen molar-refractivity contribution in [2.24, 2.45) is 0 Å². The van der Waals surface area contributed by atoms with E-state index in [0.717, 1.165) is 5.56 Å². The molecule has 0 N–H and O–H groups in total. The molecule has 0 spiro atoms. The molecule has 0 saturated heterocycles. The number of ketones is 2. The third kappa shape index (κ3) is 2.75. The average molecular weight is 320 g/mol. The minimum absolute atomic E-state index is 0.345. The molecule has 0 radical (unpaired) electrons. The lowest BCUT2D eigenvalue weighted by atomic mass is 9.88. The monoisotopic (exact) mass is 320 g/mol. The molecule has 3 rings (SSSR count). The summed E-state index contributed by atoms with van der Waals surface area (Å²) in [5, 5.41) is 0. The van der Waals surface area contributed by atoms with Crippen molar-refractivity contribution in [2.75, 3.05) is 0 Å². The fourth-order valence-electron chi connectivity index (χ4n) is 2.72. The zero-order valence-corrected chi connectivity index (χ0v) is 14.3. The van der Waals surface area contributed by atoms with Crippen LogP contribution in [0.25, 0.3) is 5.65 Å². The number of hydrogen-bond donors (Lipinski definition) is 0. The van der Waals surface area contributed by atoms with Crippen molar-refractivity contribution in [2.45, 2.75) is 33.1 Å². The Morgan fingerprint density at radius 2 is 1.62 bits per heavy atom. The van der Waals surface area contributed by atoms with Crippen molar-refractivity contribution in [3.05, 3.63) is 71.2 Å². The lowest BCUT2D eigenvalue weighted by molar-refractivity contribution is 0.0812. The van der Waals surface area contributed by atoms with E-state index >= 15 is 0 Å². The maximum atomic E-state index is 13.0. The van der Waals surface area contributed by atoms with E-state index in [2.05, 4.69) is 4.98 Å². The molecule has 0 aliphatic heterocycles. The van der Waals surface area contributed by atoms with Crippen LogP contribution < -0.4 is 0 Å². The van der Waals surface area contributed by atoms with Gasteiger partial charge in [0.15, 0.2) is 0 Å². The molecule has 4 heteroatoms. The highest BCUT2D eigenvalue weighted by molar-refractivity contribution is 6.49. The third-order valence-electron chi connectivity index (χ3n) is 3.93. The quantitative estimate of drug-likeness (QED) is 0.541. The van der Waals surface area contributed by atoms with E-state index in [0.29, 0.717) is 22.6 Å². The van der Waals surface area contributed by atoms with Crippen LogP contribution in [0.2, 0.25) is 0 Å². The van der Waals surface area contributed by atoms with Crippen molar-refractivity contribution in [3.8, 4) is 0 Å². The van der Waals surface area contributed by atoms with E-state index in [-0.39, 0.29) is 5.41 Å². The summed E-state index contributed by atoms with van der Waals surface area (Å²) in [6.07, 6.45) is 1.85. The van der Waals surface area contributed by atoms with Crippen molar-refractivity contribution < 1.29 is 9.59 Å². The molecule has 0 bridgehead atoms. The van der Waals surface area contributed by atoms with E-state index in [1.165, 1.54) is 0 Å². The molecule has 0 saturated carbocycles. The van der Waals surface area contributed by atoms with Crippen molar-refractivity contribution >= 4 is 17.2 Å². The lowest BCUT2D eigenvalue weighted by Crippen LogP contribution is -2.23. The van der Waals surface area contributed by atoms with Crippen molar-refractivity contribution in [1.82, 2.24) is 9.38 Å². The van der Waals surface area contributed by atoms with E-state index in [9.17, 15) is 9.59 Å². The number of aryl methyl sites for hydroxylation is 1. The first-order valence-corrected chi connectivity index (χ1v) is 7.92. The van der Waals surface area contributed by atoms with Crippen LogP contribution >= 0.6 is 0 Å². The zero-order chi connectivity index (χ0) is 17.5. The molecule has 0 fully saturated rings. The van der Waals surface area contributed by atoms with Crippen LogP contribution in [0, 0.1) is 6.92 Å². The van der Waals surface area contributed by atoms with Crippen LogP contribution in [0.4, 0.5) is 0 Å². The molecule has 1 aromatic carbocycles. The number of hydrogen-bond acceptors (Lipinski definition) is 3. The molecule has 3 aromatic rings. The lowest BCUT2D eigenvalue weighted by Gasteiger charge is -2.17. The van der Waals surface area contributed by atoms with Crippen LogP contribution in [-0.2, 0) is 5.41 Å². The van der Waals surface area contributed by atoms with Gasteiger partial charge < -0.3 is 0 Å². The largest absolute Gasteiger partial charge is 0.296 e. The summed E-state index contributed by atoms with van der Waals surface area (Å²) < 4.78 is 1.74. The summed E-state index contributed by atoms with van der Waals surface area (Å²) >= 11 is 0. The summed E-state index contributed by atoms with van der Waals surface area (Å²) in [6, 6.07) is 12.5. The molecule has 0 atom stereocenters. The van der Waals surface area contributed by atoms with Crippen LogP contribution in [0.1, 0.15) is 52.9 Å². The van der Waals surface area contributed by atoms with Gasteiger partial charge in [-0.3, -0.25) is 14.0 Å². The van der Waals surface area contributed by atoms with E-state index in [1.807, 2.05) is 52.1 Å². The predicted octanol–water partition coefficient (Wildman–Crippen LogP) is 4.01. The Morgan fingerprint density at radius 1 is 0.958 bits per heavy atom. The smallest absolute Gasteiger partial charge is 0.252 e. The van der Waals surface area contributed by atoms with E-state index in [4.69, 9.17) is 0 Å². The molecule has 0 unspecified atom stereocenters. The Bertz CT molecular complexity index is 931. The highest BCUT2D eigenvalue weighted by Gasteiger charge is 2.31. The Hall–Kier alpha value is -2.75. The summed E-state index contributed by atoms with van der Waals surface area (Å²) in [7, 11) is 0. The number of pyridine rings is 1. The first-order valence-electron chi connectivity index (χ1n) is 7.92. The second kappa shape index (κ2) is 5.71. The van der Waals surface area contributed by atoms with Gasteiger partial charge in [-0.1, -0.05) is 57.2 Å². The molecular formula is C20H20N2O2. The Morgan fingerprint density at radius 3 is 2.25 bits per heavy atom. The van der Waals surface area contributed by atoms with Gasteiger partial charge in [-0.2, -0.15) is 0 Å². The Kier molecular flexibility index (Phi) is 3.84. The second-order valence-corrected chi connectivity index (χ2v) is 7.02. The fraction of sp³-hybridized carbons (Fsp3) is 0.250. The first kappa shape index (κ1) is 16.1. The minimum atomic E-state index is -0.524. The molecule has 4 nitrogen and oxygen atoms in total. The summed E-state index contributed by atoms with van der Waals surface area (Å²) in [5.74, 6) is -1.03. The highest BCUT2D eigenvalue weighted by atomic mass is 16.2. The highest BCUT2D eigenvalue weighted by Crippen LogP contribution is 2.27.